The second kappa shape index (κ2) is 7.88. The Morgan fingerprint density at radius 1 is 1.31 bits per heavy atom. The number of carbonyl (C=O) groups is 1. The van der Waals surface area contributed by atoms with Gasteiger partial charge in [0, 0.05) is 30.1 Å². The highest BCUT2D eigenvalue weighted by atomic mass is 35.5. The van der Waals surface area contributed by atoms with Crippen molar-refractivity contribution < 1.29 is 22.9 Å². The van der Waals surface area contributed by atoms with Gasteiger partial charge in [0.2, 0.25) is 10.0 Å². The van der Waals surface area contributed by atoms with E-state index in [-0.39, 0.29) is 35.8 Å². The van der Waals surface area contributed by atoms with Gasteiger partial charge in [0.25, 0.3) is 11.6 Å². The normalized spacial score (nSPS) is 16.4. The van der Waals surface area contributed by atoms with Crippen LogP contribution in [0.1, 0.15) is 12.0 Å². The second-order valence-corrected chi connectivity index (χ2v) is 8.93. The quantitative estimate of drug-likeness (QED) is 0.577. The minimum absolute atomic E-state index is 0.0121. The zero-order valence-electron chi connectivity index (χ0n) is 15.6. The molecular weight excluding hydrogens is 422 g/mol. The van der Waals surface area contributed by atoms with Crippen molar-refractivity contribution in [3.8, 4) is 5.75 Å². The van der Waals surface area contributed by atoms with Gasteiger partial charge >= 0.3 is 0 Å². The number of benzene rings is 2. The molecule has 3 rings (SSSR count). The number of amides is 1. The number of fused-ring (bicyclic) bond motifs is 1. The molecule has 154 valence electrons. The summed E-state index contributed by atoms with van der Waals surface area (Å²) in [5.41, 5.74) is 1.02. The zero-order chi connectivity index (χ0) is 21.3. The van der Waals surface area contributed by atoms with E-state index in [9.17, 15) is 23.3 Å². The molecule has 0 bridgehead atoms. The summed E-state index contributed by atoms with van der Waals surface area (Å²) in [5, 5.41) is 14.0. The number of carbonyl (C=O) groups excluding carboxylic acids is 1. The van der Waals surface area contributed by atoms with Crippen LogP contribution in [0.2, 0.25) is 5.02 Å². The van der Waals surface area contributed by atoms with E-state index in [1.165, 1.54) is 36.4 Å². The molecule has 0 aromatic heterocycles. The number of ether oxygens (including phenoxy) is 1. The molecule has 29 heavy (non-hydrogen) atoms. The SMILES string of the molecule is Cc1ccc([N+](=O)[O-])cc1NC(=O)[C@H]1CCN(S(C)(=O)=O)c2cc(Cl)ccc2O1. The molecule has 1 heterocycles. The van der Waals surface area contributed by atoms with Crippen LogP contribution in [0.4, 0.5) is 17.1 Å². The number of nitro benzene ring substituents is 1. The Labute approximate surface area is 172 Å². The van der Waals surface area contributed by atoms with Gasteiger partial charge in [-0.25, -0.2) is 8.42 Å². The van der Waals surface area contributed by atoms with Gasteiger partial charge in [0.1, 0.15) is 5.75 Å². The molecule has 2 aromatic rings. The average molecular weight is 440 g/mol. The number of sulfonamides is 1. The summed E-state index contributed by atoms with van der Waals surface area (Å²) in [4.78, 5) is 23.2. The third kappa shape index (κ3) is 4.60. The first-order valence-corrected chi connectivity index (χ1v) is 10.8. The van der Waals surface area contributed by atoms with Crippen LogP contribution in [0.15, 0.2) is 36.4 Å². The fourth-order valence-electron chi connectivity index (χ4n) is 2.95. The first-order valence-electron chi connectivity index (χ1n) is 8.56. The first-order chi connectivity index (χ1) is 13.6. The highest BCUT2D eigenvalue weighted by molar-refractivity contribution is 7.92. The number of non-ortho nitro benzene ring substituents is 1. The molecule has 0 saturated carbocycles. The minimum Gasteiger partial charge on any atom is -0.478 e. The summed E-state index contributed by atoms with van der Waals surface area (Å²) in [7, 11) is -3.62. The third-order valence-corrected chi connectivity index (χ3v) is 5.85. The fraction of sp³-hybridized carbons (Fsp3) is 0.278. The molecule has 0 unspecified atom stereocenters. The Hall–Kier alpha value is -2.85. The topological polar surface area (TPSA) is 119 Å². The molecule has 0 aliphatic carbocycles. The van der Waals surface area contributed by atoms with Crippen LogP contribution in [0.25, 0.3) is 0 Å². The molecule has 11 heteroatoms. The molecule has 2 aromatic carbocycles. The first kappa shape index (κ1) is 20.9. The Morgan fingerprint density at radius 3 is 2.69 bits per heavy atom. The Kier molecular flexibility index (Phi) is 5.67. The van der Waals surface area contributed by atoms with Crippen LogP contribution >= 0.6 is 11.6 Å². The van der Waals surface area contributed by atoms with Gasteiger partial charge in [-0.15, -0.1) is 0 Å². The number of nitrogens with zero attached hydrogens (tertiary/aromatic N) is 2. The van der Waals surface area contributed by atoms with Crippen molar-refractivity contribution in [1.82, 2.24) is 0 Å². The lowest BCUT2D eigenvalue weighted by Crippen LogP contribution is -2.36. The monoisotopic (exact) mass is 439 g/mol. The van der Waals surface area contributed by atoms with Gasteiger partial charge in [-0.3, -0.25) is 19.2 Å². The molecule has 1 N–H and O–H groups in total. The maximum absolute atomic E-state index is 12.8. The molecule has 9 nitrogen and oxygen atoms in total. The van der Waals surface area contributed by atoms with E-state index >= 15 is 0 Å². The molecule has 1 aliphatic rings. The van der Waals surface area contributed by atoms with Gasteiger partial charge in [0.15, 0.2) is 6.10 Å². The number of nitrogens with one attached hydrogen (secondary N) is 1. The molecule has 1 atom stereocenters. The van der Waals surface area contributed by atoms with Crippen molar-refractivity contribution in [3.63, 3.8) is 0 Å². The van der Waals surface area contributed by atoms with Gasteiger partial charge in [0.05, 0.1) is 22.6 Å². The summed E-state index contributed by atoms with van der Waals surface area (Å²) in [6, 6.07) is 8.64. The van der Waals surface area contributed by atoms with E-state index in [2.05, 4.69) is 5.32 Å². The van der Waals surface area contributed by atoms with Crippen LogP contribution in [-0.4, -0.2) is 38.2 Å². The molecular formula is C18H18ClN3O6S. The van der Waals surface area contributed by atoms with E-state index in [1.807, 2.05) is 0 Å². The maximum atomic E-state index is 12.8. The maximum Gasteiger partial charge on any atom is 0.271 e. The molecule has 1 amide bonds. The van der Waals surface area contributed by atoms with Crippen LogP contribution < -0.4 is 14.4 Å². The number of anilines is 2. The lowest BCUT2D eigenvalue weighted by Gasteiger charge is -2.21. The summed E-state index contributed by atoms with van der Waals surface area (Å²) in [6.07, 6.45) is 0.143. The van der Waals surface area contributed by atoms with E-state index in [4.69, 9.17) is 16.3 Å². The number of halogens is 1. The van der Waals surface area contributed by atoms with Gasteiger partial charge in [-0.1, -0.05) is 17.7 Å². The van der Waals surface area contributed by atoms with Crippen LogP contribution in [0.3, 0.4) is 0 Å². The molecule has 0 spiro atoms. The van der Waals surface area contributed by atoms with Gasteiger partial charge in [-0.2, -0.15) is 0 Å². The van der Waals surface area contributed by atoms with E-state index < -0.39 is 27.0 Å². The average Bonchev–Trinajstić information content (AvgIpc) is 2.82. The number of hydrogen-bond donors (Lipinski definition) is 1. The fourth-order valence-corrected chi connectivity index (χ4v) is 4.06. The van der Waals surface area contributed by atoms with Crippen molar-refractivity contribution in [2.75, 3.05) is 22.4 Å². The Morgan fingerprint density at radius 2 is 2.03 bits per heavy atom. The van der Waals surface area contributed by atoms with E-state index in [0.717, 1.165) is 10.6 Å². The van der Waals surface area contributed by atoms with E-state index in [1.54, 1.807) is 6.92 Å². The predicted octanol–water partition coefficient (Wildman–Crippen LogP) is 3.11. The van der Waals surface area contributed by atoms with Gasteiger partial charge in [-0.05, 0) is 30.7 Å². The number of hydrogen-bond acceptors (Lipinski definition) is 6. The Bertz CT molecular complexity index is 1090. The lowest BCUT2D eigenvalue weighted by atomic mass is 10.1. The molecule has 0 saturated heterocycles. The van der Waals surface area contributed by atoms with Crippen LogP contribution in [0, 0.1) is 17.0 Å². The highest BCUT2D eigenvalue weighted by Crippen LogP contribution is 2.36. The summed E-state index contributed by atoms with van der Waals surface area (Å²) in [5.74, 6) is -0.335. The van der Waals surface area contributed by atoms with Gasteiger partial charge < -0.3 is 10.1 Å². The summed E-state index contributed by atoms with van der Waals surface area (Å²) in [6.45, 7) is 1.72. The van der Waals surface area contributed by atoms with Crippen molar-refractivity contribution in [2.24, 2.45) is 0 Å². The standard InChI is InChI=1S/C18H18ClN3O6S/c1-11-3-5-13(22(24)25)10-14(11)20-18(23)17-7-8-21(29(2,26)27)15-9-12(19)4-6-16(15)28-17/h3-6,9-10,17H,7-8H2,1-2H3,(H,20,23)/t17-/m1/s1. The Balaban J connectivity index is 1.89. The summed E-state index contributed by atoms with van der Waals surface area (Å²) < 4.78 is 31.3. The smallest absolute Gasteiger partial charge is 0.271 e. The van der Waals surface area contributed by atoms with Crippen molar-refractivity contribution >= 4 is 44.6 Å². The zero-order valence-corrected chi connectivity index (χ0v) is 17.2. The highest BCUT2D eigenvalue weighted by Gasteiger charge is 2.31. The molecule has 1 aliphatic heterocycles. The van der Waals surface area contributed by atoms with Crippen molar-refractivity contribution in [1.29, 1.82) is 0 Å². The second-order valence-electron chi connectivity index (χ2n) is 6.59. The minimum atomic E-state index is -3.62. The van der Waals surface area contributed by atoms with Crippen LogP contribution in [0.5, 0.6) is 5.75 Å². The lowest BCUT2D eigenvalue weighted by molar-refractivity contribution is -0.384. The largest absolute Gasteiger partial charge is 0.478 e. The van der Waals surface area contributed by atoms with Crippen molar-refractivity contribution in [3.05, 3.63) is 57.1 Å². The summed E-state index contributed by atoms with van der Waals surface area (Å²) >= 11 is 6.00. The van der Waals surface area contributed by atoms with Crippen LogP contribution in [-0.2, 0) is 14.8 Å². The van der Waals surface area contributed by atoms with Crippen molar-refractivity contribution in [2.45, 2.75) is 19.4 Å². The number of nitro groups is 1. The molecule has 0 radical (unpaired) electrons. The number of rotatable bonds is 4. The predicted molar refractivity (Wildman–Crippen MR) is 109 cm³/mol. The number of aryl methyl sites for hydroxylation is 1. The molecule has 0 fully saturated rings. The third-order valence-electron chi connectivity index (χ3n) is 4.44. The van der Waals surface area contributed by atoms with E-state index in [0.29, 0.717) is 10.6 Å².